The van der Waals surface area contributed by atoms with E-state index in [-0.39, 0.29) is 18.1 Å². The zero-order valence-electron chi connectivity index (χ0n) is 9.73. The van der Waals surface area contributed by atoms with Gasteiger partial charge in [-0.15, -0.1) is 0 Å². The Kier molecular flexibility index (Phi) is 4.25. The lowest BCUT2D eigenvalue weighted by Crippen LogP contribution is -2.11. The van der Waals surface area contributed by atoms with Crippen molar-refractivity contribution in [1.82, 2.24) is 0 Å². The Morgan fingerprint density at radius 1 is 1.47 bits per heavy atom. The molecule has 0 aromatic heterocycles. The van der Waals surface area contributed by atoms with Gasteiger partial charge in [0.15, 0.2) is 5.78 Å². The normalized spacial score (nSPS) is 11.1. The lowest BCUT2D eigenvalue weighted by atomic mass is 9.96. The fourth-order valence-electron chi connectivity index (χ4n) is 1.46. The fraction of sp³-hybridized carbons (Fsp3) is 0.308. The smallest absolute Gasteiger partial charge is 0.166 e. The molecule has 1 aromatic rings. The molecule has 86 valence electrons. The highest BCUT2D eigenvalue weighted by molar-refractivity contribution is 5.98. The van der Waals surface area contributed by atoms with Gasteiger partial charge in [-0.2, -0.15) is 10.5 Å². The summed E-state index contributed by atoms with van der Waals surface area (Å²) < 4.78 is 4.99. The van der Waals surface area contributed by atoms with E-state index in [1.165, 1.54) is 13.2 Å². The summed E-state index contributed by atoms with van der Waals surface area (Å²) in [4.78, 5) is 11.9. The van der Waals surface area contributed by atoms with Gasteiger partial charge in [0.1, 0.15) is 11.8 Å². The number of ketones is 1. The number of methoxy groups -OCH3 is 1. The standard InChI is InChI=1S/C13H12N2O2/c1-9(5-6-14)13(16)10-3-4-12(17-2)11(7-10)8-15/h3-4,7,9H,5H2,1-2H3. The lowest BCUT2D eigenvalue weighted by molar-refractivity contribution is 0.0932. The molecule has 0 radical (unpaired) electrons. The highest BCUT2D eigenvalue weighted by Crippen LogP contribution is 2.21. The van der Waals surface area contributed by atoms with Crippen LogP contribution in [-0.2, 0) is 0 Å². The van der Waals surface area contributed by atoms with E-state index in [0.29, 0.717) is 16.9 Å². The van der Waals surface area contributed by atoms with Crippen molar-refractivity contribution in [3.63, 3.8) is 0 Å². The van der Waals surface area contributed by atoms with E-state index in [2.05, 4.69) is 0 Å². The predicted octanol–water partition coefficient (Wildman–Crippen LogP) is 2.30. The minimum Gasteiger partial charge on any atom is -0.495 e. The Balaban J connectivity index is 3.06. The Bertz CT molecular complexity index is 509. The van der Waals surface area contributed by atoms with Crippen molar-refractivity contribution < 1.29 is 9.53 Å². The minimum atomic E-state index is -0.361. The van der Waals surface area contributed by atoms with E-state index >= 15 is 0 Å². The van der Waals surface area contributed by atoms with Crippen LogP contribution in [0, 0.1) is 28.6 Å². The van der Waals surface area contributed by atoms with Crippen molar-refractivity contribution in [1.29, 1.82) is 10.5 Å². The van der Waals surface area contributed by atoms with Crippen molar-refractivity contribution in [2.45, 2.75) is 13.3 Å². The number of rotatable bonds is 4. The molecule has 0 aliphatic heterocycles. The zero-order valence-corrected chi connectivity index (χ0v) is 9.73. The first-order chi connectivity index (χ1) is 8.13. The summed E-state index contributed by atoms with van der Waals surface area (Å²) in [5.74, 6) is -0.0531. The molecule has 4 nitrogen and oxygen atoms in total. The predicted molar refractivity (Wildman–Crippen MR) is 61.4 cm³/mol. The number of carbonyl (C=O) groups excluding carboxylic acids is 1. The molecule has 1 atom stereocenters. The molecule has 0 amide bonds. The van der Waals surface area contributed by atoms with Crippen LogP contribution in [0.1, 0.15) is 29.3 Å². The van der Waals surface area contributed by atoms with Crippen molar-refractivity contribution in [2.24, 2.45) is 5.92 Å². The van der Waals surface area contributed by atoms with Crippen LogP contribution in [0.4, 0.5) is 0 Å². The molecule has 0 aliphatic carbocycles. The zero-order chi connectivity index (χ0) is 12.8. The summed E-state index contributed by atoms with van der Waals surface area (Å²) in [6.45, 7) is 1.70. The van der Waals surface area contributed by atoms with E-state index < -0.39 is 0 Å². The number of hydrogen-bond donors (Lipinski definition) is 0. The molecule has 1 aromatic carbocycles. The summed E-state index contributed by atoms with van der Waals surface area (Å²) in [7, 11) is 1.47. The number of Topliss-reactive ketones (excluding diaryl/α,β-unsaturated/α-hetero) is 1. The summed E-state index contributed by atoms with van der Waals surface area (Å²) in [5.41, 5.74) is 0.757. The average Bonchev–Trinajstić information content (AvgIpc) is 2.37. The second-order valence-electron chi connectivity index (χ2n) is 3.65. The average molecular weight is 228 g/mol. The number of carbonyl (C=O) groups is 1. The second-order valence-corrected chi connectivity index (χ2v) is 3.65. The van der Waals surface area contributed by atoms with Gasteiger partial charge in [-0.25, -0.2) is 0 Å². The van der Waals surface area contributed by atoms with Gasteiger partial charge in [-0.05, 0) is 18.2 Å². The summed E-state index contributed by atoms with van der Waals surface area (Å²) in [6, 6.07) is 8.62. The van der Waals surface area contributed by atoms with Crippen LogP contribution in [0.3, 0.4) is 0 Å². The maximum absolute atomic E-state index is 11.9. The monoisotopic (exact) mass is 228 g/mol. The van der Waals surface area contributed by atoms with E-state index in [1.54, 1.807) is 19.1 Å². The quantitative estimate of drug-likeness (QED) is 0.741. The SMILES string of the molecule is COc1ccc(C(=O)C(C)CC#N)cc1C#N. The molecule has 0 bridgehead atoms. The molecule has 0 fully saturated rings. The van der Waals surface area contributed by atoms with Crippen LogP contribution >= 0.6 is 0 Å². The second kappa shape index (κ2) is 5.67. The topological polar surface area (TPSA) is 73.9 Å². The molecule has 0 spiro atoms. The van der Waals surface area contributed by atoms with E-state index in [1.807, 2.05) is 12.1 Å². The van der Waals surface area contributed by atoms with Crippen LogP contribution in [0.5, 0.6) is 5.75 Å². The van der Waals surface area contributed by atoms with Crippen LogP contribution in [0.15, 0.2) is 18.2 Å². The van der Waals surface area contributed by atoms with Gasteiger partial charge in [-0.3, -0.25) is 4.79 Å². The highest BCUT2D eigenvalue weighted by Gasteiger charge is 2.16. The van der Waals surface area contributed by atoms with Gasteiger partial charge in [-0.1, -0.05) is 6.92 Å². The maximum atomic E-state index is 11.9. The van der Waals surface area contributed by atoms with Gasteiger partial charge in [0.25, 0.3) is 0 Å². The number of ether oxygens (including phenoxy) is 1. The Morgan fingerprint density at radius 2 is 2.18 bits per heavy atom. The van der Waals surface area contributed by atoms with Gasteiger partial charge in [0.2, 0.25) is 0 Å². The summed E-state index contributed by atoms with van der Waals surface area (Å²) in [5, 5.41) is 17.4. The van der Waals surface area contributed by atoms with Crippen LogP contribution < -0.4 is 4.74 Å². The molecule has 0 heterocycles. The Morgan fingerprint density at radius 3 is 2.71 bits per heavy atom. The molecule has 0 N–H and O–H groups in total. The number of nitriles is 2. The minimum absolute atomic E-state index is 0.134. The Hall–Kier alpha value is -2.33. The summed E-state index contributed by atoms with van der Waals surface area (Å²) in [6.07, 6.45) is 0.173. The number of benzene rings is 1. The summed E-state index contributed by atoms with van der Waals surface area (Å²) >= 11 is 0. The number of nitrogens with zero attached hydrogens (tertiary/aromatic N) is 2. The molecule has 1 rings (SSSR count). The lowest BCUT2D eigenvalue weighted by Gasteiger charge is -2.08. The van der Waals surface area contributed by atoms with Crippen molar-refractivity contribution in [3.05, 3.63) is 29.3 Å². The first-order valence-corrected chi connectivity index (χ1v) is 5.13. The third kappa shape index (κ3) is 2.83. The maximum Gasteiger partial charge on any atom is 0.166 e. The number of hydrogen-bond acceptors (Lipinski definition) is 4. The third-order valence-electron chi connectivity index (χ3n) is 2.45. The van der Waals surface area contributed by atoms with Gasteiger partial charge in [0.05, 0.1) is 18.7 Å². The van der Waals surface area contributed by atoms with Crippen molar-refractivity contribution in [3.8, 4) is 17.9 Å². The molecule has 0 saturated carbocycles. The largest absolute Gasteiger partial charge is 0.495 e. The van der Waals surface area contributed by atoms with Crippen LogP contribution in [-0.4, -0.2) is 12.9 Å². The van der Waals surface area contributed by atoms with Gasteiger partial charge in [0, 0.05) is 17.9 Å². The molecular weight excluding hydrogens is 216 g/mol. The first-order valence-electron chi connectivity index (χ1n) is 5.13. The molecule has 1 unspecified atom stereocenters. The first kappa shape index (κ1) is 12.7. The molecule has 4 heteroatoms. The Labute approximate surface area is 100 Å². The highest BCUT2D eigenvalue weighted by atomic mass is 16.5. The molecular formula is C13H12N2O2. The molecule has 0 saturated heterocycles. The van der Waals surface area contributed by atoms with Crippen molar-refractivity contribution >= 4 is 5.78 Å². The van der Waals surface area contributed by atoms with E-state index in [4.69, 9.17) is 15.3 Å². The van der Waals surface area contributed by atoms with E-state index in [9.17, 15) is 4.79 Å². The fourth-order valence-corrected chi connectivity index (χ4v) is 1.46. The molecule has 17 heavy (non-hydrogen) atoms. The third-order valence-corrected chi connectivity index (χ3v) is 2.45. The van der Waals surface area contributed by atoms with Gasteiger partial charge >= 0.3 is 0 Å². The van der Waals surface area contributed by atoms with Gasteiger partial charge < -0.3 is 4.74 Å². The van der Waals surface area contributed by atoms with Crippen molar-refractivity contribution in [2.75, 3.05) is 7.11 Å². The van der Waals surface area contributed by atoms with Crippen LogP contribution in [0.25, 0.3) is 0 Å². The van der Waals surface area contributed by atoms with E-state index in [0.717, 1.165) is 0 Å². The van der Waals surface area contributed by atoms with Crippen LogP contribution in [0.2, 0.25) is 0 Å². The molecule has 0 aliphatic rings.